The van der Waals surface area contributed by atoms with Crippen molar-refractivity contribution in [2.45, 2.75) is 38.8 Å². The smallest absolute Gasteiger partial charge is 0.330 e. The van der Waals surface area contributed by atoms with E-state index in [4.69, 9.17) is 9.47 Å². The lowest BCUT2D eigenvalue weighted by molar-refractivity contribution is -0.137. The summed E-state index contributed by atoms with van der Waals surface area (Å²) in [4.78, 5) is 13.7. The molecule has 2 unspecified atom stereocenters. The molecule has 3 aliphatic heterocycles. The van der Waals surface area contributed by atoms with Crippen LogP contribution in [0.15, 0.2) is 24.3 Å². The number of hydrogen-bond acceptors (Lipinski definition) is 5. The molecular weight excluding hydrogens is 342 g/mol. The number of benzene rings is 1. The standard InChI is InChI=1S/C22H27NO4/c1-3-26-20-15-16(6-10-21(24)27-4-2)5-7-17(20)8-9-19-22(25)18-11-13-23(19)14-12-18/h5-7,10,15,18-19,22,25H,3-4,11-14H2,1-2H3. The van der Waals surface area contributed by atoms with Crippen molar-refractivity contribution < 1.29 is 19.4 Å². The fraction of sp³-hybridized carbons (Fsp3) is 0.500. The zero-order chi connectivity index (χ0) is 19.2. The fourth-order valence-corrected chi connectivity index (χ4v) is 3.72. The van der Waals surface area contributed by atoms with Gasteiger partial charge in [-0.25, -0.2) is 4.79 Å². The third-order valence-electron chi connectivity index (χ3n) is 5.13. The molecule has 1 aromatic rings. The van der Waals surface area contributed by atoms with Crippen LogP contribution in [0.1, 0.15) is 37.8 Å². The minimum Gasteiger partial charge on any atom is -0.493 e. The summed E-state index contributed by atoms with van der Waals surface area (Å²) < 4.78 is 10.6. The third kappa shape index (κ3) is 4.71. The highest BCUT2D eigenvalue weighted by Crippen LogP contribution is 2.32. The number of nitrogens with zero attached hydrogens (tertiary/aromatic N) is 1. The third-order valence-corrected chi connectivity index (χ3v) is 5.13. The summed E-state index contributed by atoms with van der Waals surface area (Å²) in [5.41, 5.74) is 1.64. The lowest BCUT2D eigenvalue weighted by Gasteiger charge is -2.46. The fourth-order valence-electron chi connectivity index (χ4n) is 3.72. The highest BCUT2D eigenvalue weighted by molar-refractivity contribution is 5.87. The molecule has 1 aromatic carbocycles. The summed E-state index contributed by atoms with van der Waals surface area (Å²) in [6.07, 6.45) is 4.85. The van der Waals surface area contributed by atoms with Crippen LogP contribution in [0.25, 0.3) is 6.08 Å². The minimum absolute atomic E-state index is 0.102. The van der Waals surface area contributed by atoms with Crippen molar-refractivity contribution in [1.82, 2.24) is 4.90 Å². The zero-order valence-corrected chi connectivity index (χ0v) is 16.0. The van der Waals surface area contributed by atoms with Gasteiger partial charge in [0.05, 0.1) is 30.9 Å². The van der Waals surface area contributed by atoms with Gasteiger partial charge in [0.15, 0.2) is 0 Å². The Kier molecular flexibility index (Phi) is 6.54. The Balaban J connectivity index is 1.78. The first-order valence-corrected chi connectivity index (χ1v) is 9.67. The summed E-state index contributed by atoms with van der Waals surface area (Å²) in [6.45, 7) is 6.60. The van der Waals surface area contributed by atoms with E-state index in [1.54, 1.807) is 13.0 Å². The first kappa shape index (κ1) is 19.5. The van der Waals surface area contributed by atoms with Crippen LogP contribution < -0.4 is 4.74 Å². The predicted molar refractivity (Wildman–Crippen MR) is 104 cm³/mol. The molecule has 3 heterocycles. The molecule has 0 aromatic heterocycles. The van der Waals surface area contributed by atoms with Crippen molar-refractivity contribution in [2.24, 2.45) is 5.92 Å². The number of hydrogen-bond donors (Lipinski definition) is 1. The van der Waals surface area contributed by atoms with Crippen LogP contribution in [0.3, 0.4) is 0 Å². The van der Waals surface area contributed by atoms with Crippen LogP contribution in [-0.4, -0.2) is 54.4 Å². The van der Waals surface area contributed by atoms with E-state index in [9.17, 15) is 9.90 Å². The van der Waals surface area contributed by atoms with Gasteiger partial charge < -0.3 is 14.6 Å². The molecule has 3 fully saturated rings. The Morgan fingerprint density at radius 1 is 1.30 bits per heavy atom. The van der Waals surface area contributed by atoms with Crippen molar-refractivity contribution in [1.29, 1.82) is 0 Å². The van der Waals surface area contributed by atoms with Gasteiger partial charge in [0, 0.05) is 6.08 Å². The number of carbonyl (C=O) groups excluding carboxylic acids is 1. The largest absolute Gasteiger partial charge is 0.493 e. The van der Waals surface area contributed by atoms with Crippen LogP contribution >= 0.6 is 0 Å². The van der Waals surface area contributed by atoms with Gasteiger partial charge in [0.1, 0.15) is 5.75 Å². The second kappa shape index (κ2) is 9.07. The number of aliphatic hydroxyl groups excluding tert-OH is 1. The highest BCUT2D eigenvalue weighted by atomic mass is 16.5. The maximum absolute atomic E-state index is 11.5. The van der Waals surface area contributed by atoms with Gasteiger partial charge in [-0.3, -0.25) is 4.90 Å². The Labute approximate surface area is 161 Å². The van der Waals surface area contributed by atoms with Gasteiger partial charge in [0.25, 0.3) is 0 Å². The summed E-state index contributed by atoms with van der Waals surface area (Å²) in [5, 5.41) is 10.5. The van der Waals surface area contributed by atoms with Gasteiger partial charge >= 0.3 is 5.97 Å². The molecule has 1 N–H and O–H groups in total. The predicted octanol–water partition coefficient (Wildman–Crippen LogP) is 2.47. The zero-order valence-electron chi connectivity index (χ0n) is 16.0. The molecule has 0 saturated carbocycles. The average molecular weight is 369 g/mol. The van der Waals surface area contributed by atoms with Gasteiger partial charge in [0.2, 0.25) is 0 Å². The number of esters is 1. The number of rotatable bonds is 5. The van der Waals surface area contributed by atoms with E-state index >= 15 is 0 Å². The average Bonchev–Trinajstić information content (AvgIpc) is 2.68. The van der Waals surface area contributed by atoms with Crippen molar-refractivity contribution in [3.63, 3.8) is 0 Å². The summed E-state index contributed by atoms with van der Waals surface area (Å²) in [5.74, 6) is 7.15. The number of carbonyl (C=O) groups is 1. The van der Waals surface area contributed by atoms with Crippen molar-refractivity contribution in [3.05, 3.63) is 35.4 Å². The van der Waals surface area contributed by atoms with Crippen LogP contribution in [0.5, 0.6) is 5.75 Å². The molecule has 27 heavy (non-hydrogen) atoms. The quantitative estimate of drug-likeness (QED) is 0.491. The lowest BCUT2D eigenvalue weighted by atomic mass is 9.81. The molecular formula is C22H27NO4. The molecule has 3 aliphatic rings. The Morgan fingerprint density at radius 2 is 2.07 bits per heavy atom. The minimum atomic E-state index is -0.373. The van der Waals surface area contributed by atoms with Crippen LogP contribution in [0, 0.1) is 17.8 Å². The van der Waals surface area contributed by atoms with Crippen LogP contribution in [-0.2, 0) is 9.53 Å². The van der Waals surface area contributed by atoms with Gasteiger partial charge in [-0.05, 0) is 69.5 Å². The normalized spacial score (nSPS) is 26.5. The summed E-state index contributed by atoms with van der Waals surface area (Å²) >= 11 is 0. The molecule has 2 bridgehead atoms. The number of ether oxygens (including phenoxy) is 2. The van der Waals surface area contributed by atoms with E-state index in [1.807, 2.05) is 25.1 Å². The van der Waals surface area contributed by atoms with Gasteiger partial charge in [-0.2, -0.15) is 0 Å². The summed E-state index contributed by atoms with van der Waals surface area (Å²) in [7, 11) is 0. The molecule has 0 spiro atoms. The molecule has 5 nitrogen and oxygen atoms in total. The Bertz CT molecular complexity index is 751. The van der Waals surface area contributed by atoms with E-state index in [2.05, 4.69) is 16.7 Å². The van der Waals surface area contributed by atoms with E-state index in [1.165, 1.54) is 6.08 Å². The molecule has 2 atom stereocenters. The molecule has 0 amide bonds. The maximum Gasteiger partial charge on any atom is 0.330 e. The molecule has 144 valence electrons. The second-order valence-electron chi connectivity index (χ2n) is 6.85. The second-order valence-corrected chi connectivity index (χ2v) is 6.85. The van der Waals surface area contributed by atoms with Crippen molar-refractivity contribution >= 4 is 12.0 Å². The molecule has 0 aliphatic carbocycles. The topological polar surface area (TPSA) is 59.0 Å². The highest BCUT2D eigenvalue weighted by Gasteiger charge is 2.40. The molecule has 0 radical (unpaired) electrons. The van der Waals surface area contributed by atoms with Crippen molar-refractivity contribution in [3.8, 4) is 17.6 Å². The Morgan fingerprint density at radius 3 is 2.74 bits per heavy atom. The summed E-state index contributed by atoms with van der Waals surface area (Å²) in [6, 6.07) is 5.56. The lowest BCUT2D eigenvalue weighted by Crippen LogP contribution is -2.57. The molecule has 5 heteroatoms. The molecule has 3 saturated heterocycles. The van der Waals surface area contributed by atoms with Crippen LogP contribution in [0.2, 0.25) is 0 Å². The molecule has 4 rings (SSSR count). The van der Waals surface area contributed by atoms with Gasteiger partial charge in [-0.1, -0.05) is 17.9 Å². The first-order chi connectivity index (χ1) is 13.1. The number of piperidine rings is 3. The SMILES string of the molecule is CCOC(=O)C=Cc1ccc(C#CC2C(O)C3CCN2CC3)c(OCC)c1. The first-order valence-electron chi connectivity index (χ1n) is 9.67. The van der Waals surface area contributed by atoms with E-state index in [0.29, 0.717) is 24.9 Å². The monoisotopic (exact) mass is 369 g/mol. The van der Waals surface area contributed by atoms with E-state index in [-0.39, 0.29) is 18.1 Å². The van der Waals surface area contributed by atoms with Gasteiger partial charge in [-0.15, -0.1) is 0 Å². The van der Waals surface area contributed by atoms with Crippen molar-refractivity contribution in [2.75, 3.05) is 26.3 Å². The Hall–Kier alpha value is -2.29. The van der Waals surface area contributed by atoms with E-state index < -0.39 is 0 Å². The van der Waals surface area contributed by atoms with Crippen LogP contribution in [0.4, 0.5) is 0 Å². The maximum atomic E-state index is 11.5. The number of fused-ring (bicyclic) bond motifs is 3. The number of aliphatic hydroxyl groups is 1. The van der Waals surface area contributed by atoms with E-state index in [0.717, 1.165) is 37.1 Å².